The molecule has 1 nitrogen and oxygen atoms in total. The van der Waals surface area contributed by atoms with E-state index in [0.29, 0.717) is 5.41 Å². The maximum Gasteiger partial charge on any atom is -0.00436 e. The predicted octanol–water partition coefficient (Wildman–Crippen LogP) is 2.57. The highest BCUT2D eigenvalue weighted by Crippen LogP contribution is 2.36. The van der Waals surface area contributed by atoms with Crippen LogP contribution in [0.1, 0.15) is 46.0 Å². The van der Waals surface area contributed by atoms with E-state index in [9.17, 15) is 0 Å². The SMILES string of the molecule is CCC1(CC)CCCNCC1. The molecule has 1 rings (SSSR count). The molecule has 1 heterocycles. The second-order valence-electron chi connectivity index (χ2n) is 3.81. The lowest BCUT2D eigenvalue weighted by atomic mass is 9.76. The smallest absolute Gasteiger partial charge is 0.00436 e. The molecule has 0 bridgehead atoms. The second kappa shape index (κ2) is 4.10. The van der Waals surface area contributed by atoms with Gasteiger partial charge >= 0.3 is 0 Å². The quantitative estimate of drug-likeness (QED) is 0.646. The van der Waals surface area contributed by atoms with Crippen LogP contribution in [0, 0.1) is 5.41 Å². The highest BCUT2D eigenvalue weighted by atomic mass is 14.9. The zero-order valence-corrected chi connectivity index (χ0v) is 7.95. The molecule has 0 amide bonds. The van der Waals surface area contributed by atoms with E-state index in [2.05, 4.69) is 19.2 Å². The van der Waals surface area contributed by atoms with Crippen LogP contribution < -0.4 is 5.32 Å². The molecular formula is C10H21N. The van der Waals surface area contributed by atoms with Crippen LogP contribution in [0.2, 0.25) is 0 Å². The van der Waals surface area contributed by atoms with Crippen molar-refractivity contribution in [3.05, 3.63) is 0 Å². The van der Waals surface area contributed by atoms with Gasteiger partial charge in [-0.3, -0.25) is 0 Å². The number of hydrogen-bond donors (Lipinski definition) is 1. The minimum absolute atomic E-state index is 0.684. The third-order valence-electron chi connectivity index (χ3n) is 3.39. The Bertz CT molecular complexity index is 95.4. The van der Waals surface area contributed by atoms with E-state index in [1.54, 1.807) is 0 Å². The molecule has 1 fully saturated rings. The van der Waals surface area contributed by atoms with Gasteiger partial charge in [0, 0.05) is 0 Å². The summed E-state index contributed by atoms with van der Waals surface area (Å²) < 4.78 is 0. The molecule has 1 aliphatic heterocycles. The Morgan fingerprint density at radius 1 is 1.09 bits per heavy atom. The van der Waals surface area contributed by atoms with Crippen molar-refractivity contribution in [2.24, 2.45) is 5.41 Å². The summed E-state index contributed by atoms with van der Waals surface area (Å²) in [4.78, 5) is 0. The van der Waals surface area contributed by atoms with Gasteiger partial charge in [-0.05, 0) is 37.8 Å². The topological polar surface area (TPSA) is 12.0 Å². The fourth-order valence-corrected chi connectivity index (χ4v) is 2.15. The van der Waals surface area contributed by atoms with Crippen LogP contribution in [-0.4, -0.2) is 13.1 Å². The summed E-state index contributed by atoms with van der Waals surface area (Å²) in [6.07, 6.45) is 6.94. The van der Waals surface area contributed by atoms with Crippen LogP contribution in [0.15, 0.2) is 0 Å². The molecule has 0 aromatic heterocycles. The minimum Gasteiger partial charge on any atom is -0.317 e. The van der Waals surface area contributed by atoms with Gasteiger partial charge in [0.1, 0.15) is 0 Å². The number of hydrogen-bond acceptors (Lipinski definition) is 1. The highest BCUT2D eigenvalue weighted by molar-refractivity contribution is 4.80. The van der Waals surface area contributed by atoms with Gasteiger partial charge < -0.3 is 5.32 Å². The Hall–Kier alpha value is -0.0400. The van der Waals surface area contributed by atoms with E-state index >= 15 is 0 Å². The molecule has 0 unspecified atom stereocenters. The van der Waals surface area contributed by atoms with Crippen molar-refractivity contribution in [1.82, 2.24) is 5.32 Å². The van der Waals surface area contributed by atoms with Crippen molar-refractivity contribution in [3.63, 3.8) is 0 Å². The molecule has 1 aliphatic rings. The summed E-state index contributed by atoms with van der Waals surface area (Å²) in [6.45, 7) is 7.16. The minimum atomic E-state index is 0.684. The molecule has 0 atom stereocenters. The van der Waals surface area contributed by atoms with Crippen LogP contribution in [0.4, 0.5) is 0 Å². The zero-order chi connectivity index (χ0) is 8.16. The van der Waals surface area contributed by atoms with Crippen LogP contribution in [0.25, 0.3) is 0 Å². The van der Waals surface area contributed by atoms with Gasteiger partial charge in [0.15, 0.2) is 0 Å². The van der Waals surface area contributed by atoms with E-state index in [0.717, 1.165) is 0 Å². The molecule has 66 valence electrons. The summed E-state index contributed by atoms with van der Waals surface area (Å²) in [6, 6.07) is 0. The largest absolute Gasteiger partial charge is 0.317 e. The molecule has 0 aliphatic carbocycles. The van der Waals surface area contributed by atoms with Crippen LogP contribution in [-0.2, 0) is 0 Å². The molecule has 11 heavy (non-hydrogen) atoms. The first-order chi connectivity index (χ1) is 5.33. The molecule has 0 aromatic rings. The molecule has 0 aromatic carbocycles. The number of nitrogens with one attached hydrogen (secondary N) is 1. The van der Waals surface area contributed by atoms with Gasteiger partial charge in [-0.25, -0.2) is 0 Å². The summed E-state index contributed by atoms with van der Waals surface area (Å²) in [7, 11) is 0. The van der Waals surface area contributed by atoms with E-state index in [-0.39, 0.29) is 0 Å². The van der Waals surface area contributed by atoms with Gasteiger partial charge in [-0.15, -0.1) is 0 Å². The Kier molecular flexibility index (Phi) is 3.38. The molecule has 1 saturated heterocycles. The van der Waals surface area contributed by atoms with Crippen LogP contribution in [0.3, 0.4) is 0 Å². The molecule has 0 saturated carbocycles. The number of rotatable bonds is 2. The molecule has 0 radical (unpaired) electrons. The third kappa shape index (κ3) is 2.19. The second-order valence-corrected chi connectivity index (χ2v) is 3.81. The van der Waals surface area contributed by atoms with E-state index in [4.69, 9.17) is 0 Å². The first-order valence-electron chi connectivity index (χ1n) is 5.04. The van der Waals surface area contributed by atoms with Gasteiger partial charge in [-0.1, -0.05) is 26.7 Å². The van der Waals surface area contributed by atoms with Crippen molar-refractivity contribution < 1.29 is 0 Å². The van der Waals surface area contributed by atoms with Gasteiger partial charge in [0.2, 0.25) is 0 Å². The Morgan fingerprint density at radius 2 is 1.82 bits per heavy atom. The van der Waals surface area contributed by atoms with Gasteiger partial charge in [-0.2, -0.15) is 0 Å². The Labute approximate surface area is 70.6 Å². The molecular weight excluding hydrogens is 134 g/mol. The average Bonchev–Trinajstić information content (AvgIpc) is 2.30. The zero-order valence-electron chi connectivity index (χ0n) is 7.95. The van der Waals surface area contributed by atoms with E-state index in [1.165, 1.54) is 45.2 Å². The van der Waals surface area contributed by atoms with Gasteiger partial charge in [0.25, 0.3) is 0 Å². The fourth-order valence-electron chi connectivity index (χ4n) is 2.15. The Morgan fingerprint density at radius 3 is 2.45 bits per heavy atom. The Balaban J connectivity index is 2.49. The lowest BCUT2D eigenvalue weighted by Gasteiger charge is -2.29. The first kappa shape index (κ1) is 9.05. The predicted molar refractivity (Wildman–Crippen MR) is 49.7 cm³/mol. The summed E-state index contributed by atoms with van der Waals surface area (Å²) >= 11 is 0. The van der Waals surface area contributed by atoms with Crippen molar-refractivity contribution in [1.29, 1.82) is 0 Å². The van der Waals surface area contributed by atoms with Gasteiger partial charge in [0.05, 0.1) is 0 Å². The molecule has 1 N–H and O–H groups in total. The summed E-state index contributed by atoms with van der Waals surface area (Å²) in [5.41, 5.74) is 0.684. The van der Waals surface area contributed by atoms with Crippen molar-refractivity contribution in [3.8, 4) is 0 Å². The molecule has 0 spiro atoms. The monoisotopic (exact) mass is 155 g/mol. The maximum atomic E-state index is 3.47. The summed E-state index contributed by atoms with van der Waals surface area (Å²) in [5.74, 6) is 0. The van der Waals surface area contributed by atoms with Crippen molar-refractivity contribution >= 4 is 0 Å². The normalized spacial score (nSPS) is 24.5. The van der Waals surface area contributed by atoms with Crippen LogP contribution in [0.5, 0.6) is 0 Å². The van der Waals surface area contributed by atoms with Crippen molar-refractivity contribution in [2.75, 3.05) is 13.1 Å². The van der Waals surface area contributed by atoms with E-state index < -0.39 is 0 Å². The van der Waals surface area contributed by atoms with Crippen molar-refractivity contribution in [2.45, 2.75) is 46.0 Å². The standard InChI is InChI=1S/C10H21N/c1-3-10(4-2)6-5-8-11-9-7-10/h11H,3-9H2,1-2H3. The lowest BCUT2D eigenvalue weighted by Crippen LogP contribution is -2.21. The first-order valence-corrected chi connectivity index (χ1v) is 5.04. The third-order valence-corrected chi connectivity index (χ3v) is 3.39. The average molecular weight is 155 g/mol. The fraction of sp³-hybridized carbons (Fsp3) is 1.00. The van der Waals surface area contributed by atoms with E-state index in [1.807, 2.05) is 0 Å². The summed E-state index contributed by atoms with van der Waals surface area (Å²) in [5, 5.41) is 3.47. The lowest BCUT2D eigenvalue weighted by molar-refractivity contribution is 0.230. The molecule has 1 heteroatoms. The van der Waals surface area contributed by atoms with Crippen LogP contribution >= 0.6 is 0 Å². The highest BCUT2D eigenvalue weighted by Gasteiger charge is 2.26. The maximum absolute atomic E-state index is 3.47.